The van der Waals surface area contributed by atoms with Gasteiger partial charge in [-0.15, -0.1) is 0 Å². The zero-order valence-corrected chi connectivity index (χ0v) is 33.7. The maximum Gasteiger partial charge on any atom is 0.167 e. The van der Waals surface area contributed by atoms with Gasteiger partial charge < -0.3 is 4.42 Å². The molecule has 0 amide bonds. The molecule has 0 radical (unpaired) electrons. The summed E-state index contributed by atoms with van der Waals surface area (Å²) in [5, 5.41) is 2.10. The molecule has 0 bridgehead atoms. The van der Waals surface area contributed by atoms with Gasteiger partial charge in [0.25, 0.3) is 0 Å². The molecule has 0 atom stereocenters. The van der Waals surface area contributed by atoms with Gasteiger partial charge in [-0.05, 0) is 105 Å². The molecular weight excluding hydrogens is 743 g/mol. The van der Waals surface area contributed by atoms with Crippen LogP contribution in [-0.4, -0.2) is 15.0 Å². The molecule has 8 aromatic carbocycles. The summed E-state index contributed by atoms with van der Waals surface area (Å²) in [7, 11) is 0. The van der Waals surface area contributed by atoms with Gasteiger partial charge in [-0.3, -0.25) is 0 Å². The Balaban J connectivity index is 0.962. The molecule has 1 spiro atoms. The lowest BCUT2D eigenvalue weighted by atomic mass is 9.67. The largest absolute Gasteiger partial charge is 0.455 e. The molecule has 2 aromatic heterocycles. The number of rotatable bonds is 6. The zero-order chi connectivity index (χ0) is 40.3. The smallest absolute Gasteiger partial charge is 0.167 e. The fraction of sp³-hybridized carbons (Fsp3) is 0.105. The molecule has 0 N–H and O–H groups in total. The highest BCUT2D eigenvalue weighted by atomic mass is 16.3. The molecular formula is C57H41N3O. The highest BCUT2D eigenvalue weighted by molar-refractivity contribution is 6.09. The third kappa shape index (κ3) is 6.01. The Labute approximate surface area is 355 Å². The van der Waals surface area contributed by atoms with Crippen molar-refractivity contribution in [2.24, 2.45) is 0 Å². The van der Waals surface area contributed by atoms with Crippen LogP contribution in [0.4, 0.5) is 0 Å². The van der Waals surface area contributed by atoms with Crippen LogP contribution in [0.15, 0.2) is 192 Å². The molecule has 12 rings (SSSR count). The first-order chi connectivity index (χ1) is 30.2. The van der Waals surface area contributed by atoms with Crippen LogP contribution in [-0.2, 0) is 5.41 Å². The van der Waals surface area contributed by atoms with Crippen LogP contribution in [0.3, 0.4) is 0 Å². The van der Waals surface area contributed by atoms with Crippen molar-refractivity contribution in [3.8, 4) is 78.7 Å². The first-order valence-electron chi connectivity index (χ1n) is 21.5. The molecule has 1 fully saturated rings. The van der Waals surface area contributed by atoms with Crippen molar-refractivity contribution in [1.82, 2.24) is 15.0 Å². The van der Waals surface area contributed by atoms with Gasteiger partial charge in [0.05, 0.1) is 5.56 Å². The fourth-order valence-corrected chi connectivity index (χ4v) is 10.2. The van der Waals surface area contributed by atoms with Crippen LogP contribution < -0.4 is 0 Å². The molecule has 0 aliphatic heterocycles. The second-order valence-corrected chi connectivity index (χ2v) is 16.6. The van der Waals surface area contributed by atoms with Gasteiger partial charge in [-0.25, -0.2) is 15.0 Å². The fourth-order valence-electron chi connectivity index (χ4n) is 10.2. The van der Waals surface area contributed by atoms with Gasteiger partial charge in [0, 0.05) is 27.3 Å². The van der Waals surface area contributed by atoms with Gasteiger partial charge in [0.15, 0.2) is 17.5 Å². The van der Waals surface area contributed by atoms with Gasteiger partial charge in [-0.1, -0.05) is 171 Å². The second-order valence-electron chi connectivity index (χ2n) is 16.6. The van der Waals surface area contributed by atoms with Crippen molar-refractivity contribution in [1.29, 1.82) is 0 Å². The Morgan fingerprint density at radius 3 is 1.59 bits per heavy atom. The predicted octanol–water partition coefficient (Wildman–Crippen LogP) is 15.0. The molecule has 0 unspecified atom stereocenters. The molecule has 2 heterocycles. The Hall–Kier alpha value is -7.43. The van der Waals surface area contributed by atoms with Crippen LogP contribution in [0.2, 0.25) is 0 Å². The quantitative estimate of drug-likeness (QED) is 0.169. The van der Waals surface area contributed by atoms with E-state index in [-0.39, 0.29) is 5.41 Å². The lowest BCUT2D eigenvalue weighted by molar-refractivity contribution is 0.353. The van der Waals surface area contributed by atoms with Crippen LogP contribution in [0.25, 0.3) is 101 Å². The summed E-state index contributed by atoms with van der Waals surface area (Å²) in [4.78, 5) is 15.6. The zero-order valence-electron chi connectivity index (χ0n) is 33.7. The lowest BCUT2D eigenvalue weighted by Gasteiger charge is -2.36. The minimum absolute atomic E-state index is 0.118. The number of furan rings is 1. The monoisotopic (exact) mass is 783 g/mol. The molecule has 0 saturated heterocycles. The number of para-hydroxylation sites is 2. The Morgan fingerprint density at radius 1 is 0.344 bits per heavy atom. The Bertz CT molecular complexity index is 3300. The maximum absolute atomic E-state index is 6.50. The molecule has 4 nitrogen and oxygen atoms in total. The topological polar surface area (TPSA) is 51.8 Å². The Morgan fingerprint density at radius 2 is 0.852 bits per heavy atom. The molecule has 4 heteroatoms. The molecule has 61 heavy (non-hydrogen) atoms. The minimum Gasteiger partial charge on any atom is -0.455 e. The van der Waals surface area contributed by atoms with Crippen LogP contribution in [0, 0.1) is 0 Å². The normalized spacial score (nSPS) is 14.0. The highest BCUT2D eigenvalue weighted by Crippen LogP contribution is 2.56. The summed E-state index contributed by atoms with van der Waals surface area (Å²) >= 11 is 0. The molecule has 290 valence electrons. The first-order valence-corrected chi connectivity index (χ1v) is 21.5. The van der Waals surface area contributed by atoms with E-state index in [1.54, 1.807) is 0 Å². The van der Waals surface area contributed by atoms with Crippen molar-refractivity contribution < 1.29 is 4.42 Å². The minimum atomic E-state index is 0.118. The first kappa shape index (κ1) is 35.5. The predicted molar refractivity (Wildman–Crippen MR) is 249 cm³/mol. The molecule has 1 saturated carbocycles. The number of fused-ring (bicyclic) bond motifs is 8. The second kappa shape index (κ2) is 14.4. The average Bonchev–Trinajstić information content (AvgIpc) is 3.85. The van der Waals surface area contributed by atoms with E-state index in [0.29, 0.717) is 17.5 Å². The van der Waals surface area contributed by atoms with Crippen molar-refractivity contribution in [3.05, 3.63) is 199 Å². The van der Waals surface area contributed by atoms with Crippen molar-refractivity contribution >= 4 is 21.9 Å². The summed E-state index contributed by atoms with van der Waals surface area (Å²) in [6.45, 7) is 0. The van der Waals surface area contributed by atoms with Gasteiger partial charge in [0.1, 0.15) is 11.2 Å². The number of benzene rings is 8. The van der Waals surface area contributed by atoms with Gasteiger partial charge in [-0.2, -0.15) is 0 Å². The van der Waals surface area contributed by atoms with E-state index in [2.05, 4.69) is 158 Å². The SMILES string of the molecule is c1ccc(-c2cccc(-c3nc(-c4cccc(-c5cccc(-c6ccc7c(c6)C6(CCCCC6)c6ccccc6-7)c5)c4)nc(-c4cccc5c4oc4ccccc45)n3)c2)cc1. The van der Waals surface area contributed by atoms with E-state index in [1.807, 2.05) is 30.3 Å². The van der Waals surface area contributed by atoms with Gasteiger partial charge in [0.2, 0.25) is 0 Å². The van der Waals surface area contributed by atoms with E-state index in [4.69, 9.17) is 19.4 Å². The summed E-state index contributed by atoms with van der Waals surface area (Å²) < 4.78 is 6.50. The average molecular weight is 784 g/mol. The van der Waals surface area contributed by atoms with Crippen LogP contribution in [0.5, 0.6) is 0 Å². The van der Waals surface area contributed by atoms with Crippen LogP contribution >= 0.6 is 0 Å². The number of aromatic nitrogens is 3. The number of hydrogen-bond acceptors (Lipinski definition) is 4. The summed E-state index contributed by atoms with van der Waals surface area (Å²) in [6.07, 6.45) is 6.33. The third-order valence-electron chi connectivity index (χ3n) is 13.1. The van der Waals surface area contributed by atoms with E-state index in [9.17, 15) is 0 Å². The van der Waals surface area contributed by atoms with Gasteiger partial charge >= 0.3 is 0 Å². The summed E-state index contributed by atoms with van der Waals surface area (Å²) in [6, 6.07) is 67.1. The van der Waals surface area contributed by atoms with Crippen molar-refractivity contribution in [2.75, 3.05) is 0 Å². The van der Waals surface area contributed by atoms with E-state index in [0.717, 1.165) is 60.9 Å². The molecule has 2 aliphatic rings. The standard InChI is InChI=1S/C57H41N3O/c1-3-15-37(16-4-1)38-17-12-21-43(34-38)54-58-55(60-56(59-54)49-26-14-25-48-47-24-6-8-28-52(47)61-53(48)49)44-22-13-20-41(35-44)39-18-11-19-40(33-39)42-29-30-46-45-23-5-7-27-50(45)57(51(46)36-42)31-9-2-10-32-57/h1,3-8,11-30,33-36H,2,9-10,31-32H2. The maximum atomic E-state index is 6.50. The van der Waals surface area contributed by atoms with Crippen LogP contribution in [0.1, 0.15) is 43.2 Å². The number of nitrogens with zero attached hydrogens (tertiary/aromatic N) is 3. The van der Waals surface area contributed by atoms with Crippen molar-refractivity contribution in [2.45, 2.75) is 37.5 Å². The lowest BCUT2D eigenvalue weighted by Crippen LogP contribution is -2.28. The van der Waals surface area contributed by atoms with E-state index < -0.39 is 0 Å². The number of hydrogen-bond donors (Lipinski definition) is 0. The summed E-state index contributed by atoms with van der Waals surface area (Å²) in [5.74, 6) is 1.77. The summed E-state index contributed by atoms with van der Waals surface area (Å²) in [5.41, 5.74) is 17.2. The highest BCUT2D eigenvalue weighted by Gasteiger charge is 2.43. The third-order valence-corrected chi connectivity index (χ3v) is 13.1. The van der Waals surface area contributed by atoms with E-state index in [1.165, 1.54) is 65.5 Å². The van der Waals surface area contributed by atoms with E-state index >= 15 is 0 Å². The Kier molecular flexibility index (Phi) is 8.38. The van der Waals surface area contributed by atoms with Crippen molar-refractivity contribution in [3.63, 3.8) is 0 Å². The molecule has 10 aromatic rings. The molecule has 2 aliphatic carbocycles.